The van der Waals surface area contributed by atoms with E-state index < -0.39 is 5.92 Å². The number of para-hydroxylation sites is 1. The van der Waals surface area contributed by atoms with Gasteiger partial charge in [-0.05, 0) is 61.0 Å². The lowest BCUT2D eigenvalue weighted by Gasteiger charge is -2.44. The van der Waals surface area contributed by atoms with Gasteiger partial charge in [0.1, 0.15) is 0 Å². The van der Waals surface area contributed by atoms with Crippen LogP contribution in [-0.2, 0) is 4.79 Å². The van der Waals surface area contributed by atoms with Crippen LogP contribution in [-0.4, -0.2) is 66.9 Å². The van der Waals surface area contributed by atoms with E-state index in [1.54, 1.807) is 11.3 Å². The first-order chi connectivity index (χ1) is 19.2. The largest absolute Gasteiger partial charge is 0.369 e. The Morgan fingerprint density at radius 1 is 0.897 bits per heavy atom. The number of thiophene rings is 1. The normalized spacial score (nSPS) is 22.2. The summed E-state index contributed by atoms with van der Waals surface area (Å²) in [6.45, 7) is 5.76. The zero-order valence-corrected chi connectivity index (χ0v) is 23.3. The van der Waals surface area contributed by atoms with Gasteiger partial charge in [0, 0.05) is 54.9 Å². The maximum absolute atomic E-state index is 13.9. The van der Waals surface area contributed by atoms with Gasteiger partial charge in [-0.2, -0.15) is 0 Å². The molecule has 1 N–H and O–H groups in total. The highest BCUT2D eigenvalue weighted by atomic mass is 32.1. The second kappa shape index (κ2) is 11.9. The Morgan fingerprint density at radius 2 is 1.64 bits per heavy atom. The van der Waals surface area contributed by atoms with Crippen molar-refractivity contribution in [3.63, 3.8) is 0 Å². The summed E-state index contributed by atoms with van der Waals surface area (Å²) < 4.78 is 0. The van der Waals surface area contributed by atoms with Crippen molar-refractivity contribution in [3.05, 3.63) is 88.1 Å². The summed E-state index contributed by atoms with van der Waals surface area (Å²) in [6.07, 6.45) is 5.23. The van der Waals surface area contributed by atoms with Crippen molar-refractivity contribution < 1.29 is 9.59 Å². The van der Waals surface area contributed by atoms with Crippen LogP contribution in [0, 0.1) is 0 Å². The van der Waals surface area contributed by atoms with Crippen molar-refractivity contribution >= 4 is 28.8 Å². The van der Waals surface area contributed by atoms with Crippen LogP contribution in [0.15, 0.2) is 72.1 Å². The Labute approximate surface area is 235 Å². The van der Waals surface area contributed by atoms with Crippen molar-refractivity contribution in [3.8, 4) is 0 Å². The Balaban J connectivity index is 1.12. The third kappa shape index (κ3) is 5.48. The molecule has 3 heterocycles. The van der Waals surface area contributed by atoms with Gasteiger partial charge in [-0.25, -0.2) is 0 Å². The Hall–Kier alpha value is -3.16. The first kappa shape index (κ1) is 26.1. The molecule has 39 heavy (non-hydrogen) atoms. The maximum Gasteiger partial charge on any atom is 0.254 e. The molecule has 2 atom stereocenters. The smallest absolute Gasteiger partial charge is 0.254 e. The van der Waals surface area contributed by atoms with E-state index in [-0.39, 0.29) is 23.9 Å². The van der Waals surface area contributed by atoms with Gasteiger partial charge in [0.15, 0.2) is 0 Å². The third-order valence-electron chi connectivity index (χ3n) is 8.66. The van der Waals surface area contributed by atoms with Gasteiger partial charge in [-0.1, -0.05) is 55.3 Å². The molecule has 1 aromatic heterocycles. The van der Waals surface area contributed by atoms with Crippen LogP contribution in [0.5, 0.6) is 0 Å². The molecule has 6 nitrogen and oxygen atoms in total. The van der Waals surface area contributed by atoms with Crippen LogP contribution in [0.2, 0.25) is 0 Å². The minimum atomic E-state index is -0.396. The first-order valence-electron chi connectivity index (χ1n) is 14.5. The molecule has 2 aromatic carbocycles. The fraction of sp³-hybridized carbons (Fsp3) is 0.438. The summed E-state index contributed by atoms with van der Waals surface area (Å²) in [4.78, 5) is 35.8. The van der Waals surface area contributed by atoms with Crippen LogP contribution in [0.3, 0.4) is 0 Å². The number of hydrogen-bond acceptors (Lipinski definition) is 5. The Bertz CT molecular complexity index is 1250. The maximum atomic E-state index is 13.9. The average molecular weight is 543 g/mol. The number of benzene rings is 2. The number of rotatable bonds is 8. The molecule has 0 unspecified atom stereocenters. The lowest BCUT2D eigenvalue weighted by molar-refractivity contribution is -0.124. The summed E-state index contributed by atoms with van der Waals surface area (Å²) in [6, 6.07) is 22.4. The minimum Gasteiger partial charge on any atom is -0.369 e. The second-order valence-electron chi connectivity index (χ2n) is 11.0. The molecule has 7 heteroatoms. The number of fused-ring (bicyclic) bond motifs is 1. The van der Waals surface area contributed by atoms with Crippen molar-refractivity contribution in [1.29, 1.82) is 0 Å². The van der Waals surface area contributed by atoms with E-state index in [4.69, 9.17) is 0 Å². The molecule has 1 aliphatic carbocycles. The highest BCUT2D eigenvalue weighted by Gasteiger charge is 2.47. The molecule has 204 valence electrons. The number of piperazine rings is 1. The predicted octanol–water partition coefficient (Wildman–Crippen LogP) is 5.30. The number of hydrogen-bond donors (Lipinski definition) is 1. The van der Waals surface area contributed by atoms with Crippen molar-refractivity contribution in [2.45, 2.75) is 50.1 Å². The number of carbonyl (C=O) groups excluding carboxylic acids is 2. The average Bonchev–Trinajstić information content (AvgIpc) is 3.71. The van der Waals surface area contributed by atoms with Crippen molar-refractivity contribution in [2.75, 3.05) is 44.2 Å². The number of anilines is 1. The zero-order valence-electron chi connectivity index (χ0n) is 22.5. The molecule has 6 rings (SSSR count). The molecule has 0 bridgehead atoms. The van der Waals surface area contributed by atoms with Crippen LogP contribution < -0.4 is 10.2 Å². The predicted molar refractivity (Wildman–Crippen MR) is 157 cm³/mol. The Kier molecular flexibility index (Phi) is 7.98. The fourth-order valence-electron chi connectivity index (χ4n) is 6.67. The summed E-state index contributed by atoms with van der Waals surface area (Å²) in [7, 11) is 0. The molecular weight excluding hydrogens is 504 g/mol. The van der Waals surface area contributed by atoms with E-state index in [0.717, 1.165) is 75.3 Å². The van der Waals surface area contributed by atoms with E-state index in [1.165, 1.54) is 5.69 Å². The number of nitrogens with one attached hydrogen (secondary N) is 1. The molecule has 0 spiro atoms. The first-order valence-corrected chi connectivity index (χ1v) is 15.3. The monoisotopic (exact) mass is 542 g/mol. The van der Waals surface area contributed by atoms with Gasteiger partial charge in [-0.3, -0.25) is 14.5 Å². The zero-order chi connectivity index (χ0) is 26.6. The van der Waals surface area contributed by atoms with E-state index >= 15 is 0 Å². The quantitative estimate of drug-likeness (QED) is 0.393. The van der Waals surface area contributed by atoms with Crippen molar-refractivity contribution in [2.24, 2.45) is 0 Å². The van der Waals surface area contributed by atoms with Crippen LogP contribution in [0.25, 0.3) is 0 Å². The van der Waals surface area contributed by atoms with Gasteiger partial charge in [0.05, 0.1) is 12.0 Å². The van der Waals surface area contributed by atoms with Crippen LogP contribution in [0.1, 0.15) is 64.9 Å². The number of amides is 2. The summed E-state index contributed by atoms with van der Waals surface area (Å²) in [5, 5.41) is 5.33. The second-order valence-corrected chi connectivity index (χ2v) is 12.0. The van der Waals surface area contributed by atoms with Crippen LogP contribution >= 0.6 is 11.3 Å². The lowest BCUT2D eigenvalue weighted by Crippen LogP contribution is -2.51. The summed E-state index contributed by atoms with van der Waals surface area (Å²) >= 11 is 1.65. The Morgan fingerprint density at radius 3 is 2.38 bits per heavy atom. The summed E-state index contributed by atoms with van der Waals surface area (Å²) in [5.74, 6) is -0.285. The van der Waals surface area contributed by atoms with Crippen molar-refractivity contribution in [1.82, 2.24) is 15.1 Å². The highest BCUT2D eigenvalue weighted by Crippen LogP contribution is 2.47. The molecule has 2 aliphatic heterocycles. The molecule has 2 fully saturated rings. The molecule has 1 saturated heterocycles. The fourth-order valence-corrected chi connectivity index (χ4v) is 7.53. The van der Waals surface area contributed by atoms with E-state index in [2.05, 4.69) is 61.8 Å². The molecule has 3 aromatic rings. The minimum absolute atomic E-state index is 0.0326. The topological polar surface area (TPSA) is 55.9 Å². The highest BCUT2D eigenvalue weighted by molar-refractivity contribution is 7.10. The standard InChI is InChI=1S/C32H38N4O2S/c37-31(33-17-9-18-34-19-21-35(22-20-34)24-10-2-1-3-11-24)29-26-14-6-7-15-27(26)32(38)36(25-12-4-5-13-25)30(29)28-16-8-23-39-28/h1-3,6-8,10-11,14-16,23,25,29-30H,4-5,9,12-13,17-22H2,(H,33,37)/t29-,30+/m1/s1. The molecule has 1 saturated carbocycles. The summed E-state index contributed by atoms with van der Waals surface area (Å²) in [5.41, 5.74) is 2.85. The van der Waals surface area contributed by atoms with E-state index in [1.807, 2.05) is 30.3 Å². The van der Waals surface area contributed by atoms with Gasteiger partial charge < -0.3 is 15.1 Å². The lowest BCUT2D eigenvalue weighted by atomic mass is 9.80. The molecule has 3 aliphatic rings. The number of carbonyl (C=O) groups is 2. The van der Waals surface area contributed by atoms with Gasteiger partial charge in [0.2, 0.25) is 5.91 Å². The van der Waals surface area contributed by atoms with Gasteiger partial charge in [0.25, 0.3) is 5.91 Å². The van der Waals surface area contributed by atoms with Gasteiger partial charge >= 0.3 is 0 Å². The van der Waals surface area contributed by atoms with E-state index in [9.17, 15) is 9.59 Å². The molecular formula is C32H38N4O2S. The molecule has 2 amide bonds. The third-order valence-corrected chi connectivity index (χ3v) is 9.60. The molecule has 0 radical (unpaired) electrons. The van der Waals surface area contributed by atoms with Gasteiger partial charge in [-0.15, -0.1) is 11.3 Å². The number of nitrogens with zero attached hydrogens (tertiary/aromatic N) is 3. The SMILES string of the molecule is O=C(NCCCN1CCN(c2ccccc2)CC1)[C@@H]1c2ccccc2C(=O)N(C2CCCC2)[C@H]1c1cccs1. The van der Waals surface area contributed by atoms with Crippen LogP contribution in [0.4, 0.5) is 5.69 Å². The van der Waals surface area contributed by atoms with E-state index in [0.29, 0.717) is 12.1 Å².